The number of aryl methyl sites for hydroxylation is 2. The summed E-state index contributed by atoms with van der Waals surface area (Å²) in [4.78, 5) is 5.82. The predicted octanol–water partition coefficient (Wildman–Crippen LogP) is 2.77. The first-order valence-electron chi connectivity index (χ1n) is 5.29. The van der Waals surface area contributed by atoms with E-state index in [2.05, 4.69) is 32.7 Å². The fourth-order valence-electron chi connectivity index (χ4n) is 1.23. The van der Waals surface area contributed by atoms with E-state index in [1.807, 2.05) is 11.8 Å². The summed E-state index contributed by atoms with van der Waals surface area (Å²) < 4.78 is 0. The molecule has 0 amide bonds. The fourth-order valence-corrected chi connectivity index (χ4v) is 3.00. The minimum atomic E-state index is 0.238. The van der Waals surface area contributed by atoms with Crippen LogP contribution in [-0.2, 0) is 6.42 Å². The van der Waals surface area contributed by atoms with Gasteiger partial charge in [-0.25, -0.2) is 4.98 Å². The Labute approximate surface area is 101 Å². The van der Waals surface area contributed by atoms with E-state index in [-0.39, 0.29) is 6.04 Å². The highest BCUT2D eigenvalue weighted by molar-refractivity contribution is 7.99. The highest BCUT2D eigenvalue weighted by atomic mass is 32.2. The topological polar surface area (TPSA) is 38.9 Å². The zero-order valence-corrected chi connectivity index (χ0v) is 11.5. The van der Waals surface area contributed by atoms with Gasteiger partial charge >= 0.3 is 0 Å². The van der Waals surface area contributed by atoms with Gasteiger partial charge in [-0.2, -0.15) is 11.8 Å². The van der Waals surface area contributed by atoms with E-state index >= 15 is 0 Å². The summed E-state index contributed by atoms with van der Waals surface area (Å²) in [5.41, 5.74) is 7.21. The zero-order valence-electron chi connectivity index (χ0n) is 9.91. The predicted molar refractivity (Wildman–Crippen MR) is 70.9 cm³/mol. The molecule has 1 heterocycles. The van der Waals surface area contributed by atoms with Gasteiger partial charge in [-0.3, -0.25) is 0 Å². The third-order valence-electron chi connectivity index (χ3n) is 2.15. The number of aromatic nitrogens is 1. The smallest absolute Gasteiger partial charge is 0.0946 e. The monoisotopic (exact) mass is 244 g/mol. The van der Waals surface area contributed by atoms with E-state index in [1.54, 1.807) is 11.3 Å². The molecule has 2 N–H and O–H groups in total. The van der Waals surface area contributed by atoms with Crippen molar-refractivity contribution in [3.8, 4) is 0 Å². The highest BCUT2D eigenvalue weighted by Gasteiger charge is 2.09. The van der Waals surface area contributed by atoms with Gasteiger partial charge in [0.15, 0.2) is 0 Å². The van der Waals surface area contributed by atoms with Crippen LogP contribution in [0.15, 0.2) is 0 Å². The van der Waals surface area contributed by atoms with Gasteiger partial charge in [0.1, 0.15) is 0 Å². The van der Waals surface area contributed by atoms with Crippen molar-refractivity contribution in [3.63, 3.8) is 0 Å². The Bertz CT molecular complexity index is 288. The van der Waals surface area contributed by atoms with Crippen LogP contribution in [0.1, 0.15) is 29.4 Å². The lowest BCUT2D eigenvalue weighted by Crippen LogP contribution is -2.26. The largest absolute Gasteiger partial charge is 0.327 e. The minimum Gasteiger partial charge on any atom is -0.327 e. The second kappa shape index (κ2) is 5.87. The van der Waals surface area contributed by atoms with Gasteiger partial charge in [-0.05, 0) is 19.1 Å². The molecule has 0 aliphatic rings. The first kappa shape index (κ1) is 13.0. The molecule has 0 aliphatic heterocycles. The molecule has 0 fully saturated rings. The summed E-state index contributed by atoms with van der Waals surface area (Å²) in [5, 5.41) is 1.85. The molecule has 0 radical (unpaired) electrons. The first-order valence-corrected chi connectivity index (χ1v) is 7.15. The summed E-state index contributed by atoms with van der Waals surface area (Å²) in [7, 11) is 0. The van der Waals surface area contributed by atoms with Crippen molar-refractivity contribution in [2.45, 2.75) is 45.4 Å². The maximum atomic E-state index is 6.06. The van der Waals surface area contributed by atoms with E-state index in [9.17, 15) is 0 Å². The molecule has 0 saturated carbocycles. The Morgan fingerprint density at radius 2 is 2.07 bits per heavy atom. The van der Waals surface area contributed by atoms with Crippen LogP contribution in [0.4, 0.5) is 0 Å². The molecule has 15 heavy (non-hydrogen) atoms. The molecule has 1 aromatic rings. The molecule has 1 atom stereocenters. The Morgan fingerprint density at radius 1 is 1.40 bits per heavy atom. The molecular formula is C11H20N2S2. The molecule has 86 valence electrons. The molecule has 0 aliphatic carbocycles. The van der Waals surface area contributed by atoms with Gasteiger partial charge in [0.05, 0.1) is 10.7 Å². The molecule has 0 spiro atoms. The summed E-state index contributed by atoms with van der Waals surface area (Å²) in [5.74, 6) is 1.02. The molecular weight excluding hydrogens is 224 g/mol. The van der Waals surface area contributed by atoms with Gasteiger partial charge in [-0.1, -0.05) is 13.8 Å². The van der Waals surface area contributed by atoms with Gasteiger partial charge in [0, 0.05) is 23.1 Å². The maximum absolute atomic E-state index is 6.06. The van der Waals surface area contributed by atoms with Crippen molar-refractivity contribution in [2.75, 3.05) is 5.75 Å². The lowest BCUT2D eigenvalue weighted by atomic mass is 10.2. The molecule has 2 nitrogen and oxygen atoms in total. The Balaban J connectivity index is 2.40. The van der Waals surface area contributed by atoms with E-state index in [0.29, 0.717) is 5.25 Å². The molecule has 1 rings (SSSR count). The van der Waals surface area contributed by atoms with Crippen LogP contribution in [0, 0.1) is 13.8 Å². The maximum Gasteiger partial charge on any atom is 0.0946 e. The number of hydrogen-bond acceptors (Lipinski definition) is 4. The van der Waals surface area contributed by atoms with Crippen molar-refractivity contribution in [1.82, 2.24) is 4.98 Å². The van der Waals surface area contributed by atoms with Crippen LogP contribution in [-0.4, -0.2) is 22.0 Å². The van der Waals surface area contributed by atoms with Crippen molar-refractivity contribution in [1.29, 1.82) is 0 Å². The summed E-state index contributed by atoms with van der Waals surface area (Å²) in [6.45, 7) is 8.58. The van der Waals surface area contributed by atoms with Crippen LogP contribution in [0.2, 0.25) is 0 Å². The third kappa shape index (κ3) is 4.53. The second-order valence-electron chi connectivity index (χ2n) is 4.10. The Morgan fingerprint density at radius 3 is 2.53 bits per heavy atom. The van der Waals surface area contributed by atoms with Crippen LogP contribution < -0.4 is 5.73 Å². The first-order chi connectivity index (χ1) is 6.99. The number of nitrogens with zero attached hydrogens (tertiary/aromatic N) is 1. The van der Waals surface area contributed by atoms with Crippen LogP contribution in [0.5, 0.6) is 0 Å². The van der Waals surface area contributed by atoms with Crippen molar-refractivity contribution < 1.29 is 0 Å². The van der Waals surface area contributed by atoms with Gasteiger partial charge in [0.2, 0.25) is 0 Å². The molecule has 1 aromatic heterocycles. The van der Waals surface area contributed by atoms with Crippen LogP contribution in [0.25, 0.3) is 0 Å². The molecule has 1 unspecified atom stereocenters. The molecule has 0 aromatic carbocycles. The number of thioether (sulfide) groups is 1. The fraction of sp³-hybridized carbons (Fsp3) is 0.727. The van der Waals surface area contributed by atoms with E-state index in [4.69, 9.17) is 5.73 Å². The molecule has 4 heteroatoms. The van der Waals surface area contributed by atoms with Gasteiger partial charge in [-0.15, -0.1) is 11.3 Å². The van der Waals surface area contributed by atoms with E-state index in [1.165, 1.54) is 9.88 Å². The van der Waals surface area contributed by atoms with Crippen molar-refractivity contribution in [3.05, 3.63) is 15.6 Å². The average Bonchev–Trinajstić information content (AvgIpc) is 2.42. The number of nitrogens with two attached hydrogens (primary N) is 1. The lowest BCUT2D eigenvalue weighted by molar-refractivity contribution is 0.741. The summed E-state index contributed by atoms with van der Waals surface area (Å²) in [6.07, 6.45) is 0.916. The Kier molecular flexibility index (Phi) is 5.09. The standard InChI is InChI=1S/C11H20N2S2/c1-7(2)14-6-10(12)5-11-13-8(3)9(4)15-11/h7,10H,5-6,12H2,1-4H3. The van der Waals surface area contributed by atoms with Gasteiger partial charge < -0.3 is 5.73 Å². The summed E-state index contributed by atoms with van der Waals surface area (Å²) >= 11 is 3.70. The van der Waals surface area contributed by atoms with Crippen LogP contribution in [0.3, 0.4) is 0 Å². The number of rotatable bonds is 5. The highest BCUT2D eigenvalue weighted by Crippen LogP contribution is 2.19. The second-order valence-corrected chi connectivity index (χ2v) is 6.99. The van der Waals surface area contributed by atoms with E-state index < -0.39 is 0 Å². The number of hydrogen-bond donors (Lipinski definition) is 1. The normalized spacial score (nSPS) is 13.5. The quantitative estimate of drug-likeness (QED) is 0.865. The van der Waals surface area contributed by atoms with E-state index in [0.717, 1.165) is 17.9 Å². The molecule has 0 saturated heterocycles. The van der Waals surface area contributed by atoms with Crippen molar-refractivity contribution in [2.24, 2.45) is 5.73 Å². The average molecular weight is 244 g/mol. The third-order valence-corrected chi connectivity index (χ3v) is 4.54. The molecule has 0 bridgehead atoms. The zero-order chi connectivity index (χ0) is 11.4. The minimum absolute atomic E-state index is 0.238. The lowest BCUT2D eigenvalue weighted by Gasteiger charge is -2.10. The summed E-state index contributed by atoms with van der Waals surface area (Å²) in [6, 6.07) is 0.238. The van der Waals surface area contributed by atoms with Crippen LogP contribution >= 0.6 is 23.1 Å². The SMILES string of the molecule is Cc1nc(CC(N)CSC(C)C)sc1C. The Hall–Kier alpha value is -0.0600. The van der Waals surface area contributed by atoms with Gasteiger partial charge in [0.25, 0.3) is 0 Å². The van der Waals surface area contributed by atoms with Crippen molar-refractivity contribution >= 4 is 23.1 Å². The number of thiazole rings is 1.